The van der Waals surface area contributed by atoms with Crippen LogP contribution in [0.5, 0.6) is 5.75 Å². The van der Waals surface area contributed by atoms with Crippen LogP contribution in [-0.2, 0) is 6.42 Å². The predicted molar refractivity (Wildman–Crippen MR) is 95.9 cm³/mol. The average molecular weight is 337 g/mol. The Morgan fingerprint density at radius 3 is 2.32 bits per heavy atom. The van der Waals surface area contributed by atoms with E-state index < -0.39 is 6.09 Å². The molecule has 0 spiro atoms. The zero-order valence-corrected chi connectivity index (χ0v) is 14.2. The topological polar surface area (TPSA) is 49.8 Å². The molecular formula is C21H23NO3. The molecule has 130 valence electrons. The summed E-state index contributed by atoms with van der Waals surface area (Å²) >= 11 is 0. The molecule has 4 nitrogen and oxygen atoms in total. The minimum absolute atomic E-state index is 0.197. The van der Waals surface area contributed by atoms with Crippen LogP contribution in [0.4, 0.5) is 4.79 Å². The van der Waals surface area contributed by atoms with Gasteiger partial charge in [0.15, 0.2) is 0 Å². The van der Waals surface area contributed by atoms with Gasteiger partial charge in [0.1, 0.15) is 5.75 Å². The molecule has 2 fully saturated rings. The summed E-state index contributed by atoms with van der Waals surface area (Å²) in [5.74, 6) is 1.86. The summed E-state index contributed by atoms with van der Waals surface area (Å²) < 4.78 is 6.34. The number of hydrogen-bond acceptors (Lipinski definition) is 2. The maximum absolute atomic E-state index is 11.1. The lowest BCUT2D eigenvalue weighted by Gasteiger charge is -2.19. The van der Waals surface area contributed by atoms with Crippen LogP contribution in [0.1, 0.15) is 24.0 Å². The molecule has 1 amide bonds. The van der Waals surface area contributed by atoms with E-state index >= 15 is 0 Å². The Bertz CT molecular complexity index is 732. The minimum Gasteiger partial charge on any atom is -0.490 e. The summed E-state index contributed by atoms with van der Waals surface area (Å²) in [6.07, 6.45) is 2.17. The van der Waals surface area contributed by atoms with Gasteiger partial charge in [-0.25, -0.2) is 4.79 Å². The number of ether oxygens (including phenoxy) is 1. The third kappa shape index (κ3) is 3.48. The molecule has 1 aliphatic carbocycles. The van der Waals surface area contributed by atoms with Crippen LogP contribution in [0.3, 0.4) is 0 Å². The van der Waals surface area contributed by atoms with Gasteiger partial charge in [-0.3, -0.25) is 0 Å². The monoisotopic (exact) mass is 337 g/mol. The number of carboxylic acid groups (broad SMARTS) is 1. The van der Waals surface area contributed by atoms with Crippen molar-refractivity contribution in [2.75, 3.05) is 13.1 Å². The van der Waals surface area contributed by atoms with E-state index in [-0.39, 0.29) is 6.10 Å². The zero-order valence-electron chi connectivity index (χ0n) is 14.2. The molecule has 0 aromatic heterocycles. The van der Waals surface area contributed by atoms with Gasteiger partial charge < -0.3 is 14.7 Å². The van der Waals surface area contributed by atoms with E-state index in [1.165, 1.54) is 11.1 Å². The molecule has 3 atom stereocenters. The lowest BCUT2D eigenvalue weighted by Crippen LogP contribution is -2.29. The van der Waals surface area contributed by atoms with Crippen molar-refractivity contribution in [1.29, 1.82) is 0 Å². The van der Waals surface area contributed by atoms with Crippen molar-refractivity contribution in [3.8, 4) is 5.75 Å². The number of fused-ring (bicyclic) bond motifs is 1. The molecule has 2 aromatic rings. The first-order valence-electron chi connectivity index (χ1n) is 8.95. The van der Waals surface area contributed by atoms with Crippen LogP contribution in [0.15, 0.2) is 54.6 Å². The van der Waals surface area contributed by atoms with Crippen molar-refractivity contribution in [3.05, 3.63) is 65.7 Å². The van der Waals surface area contributed by atoms with Crippen LogP contribution >= 0.6 is 0 Å². The van der Waals surface area contributed by atoms with Crippen molar-refractivity contribution in [3.63, 3.8) is 0 Å². The van der Waals surface area contributed by atoms with E-state index in [2.05, 4.69) is 42.5 Å². The van der Waals surface area contributed by atoms with E-state index in [4.69, 9.17) is 9.84 Å². The number of amides is 1. The standard InChI is InChI=1S/C21H23NO3/c23-21(24)22-13-17-11-19(12-18(17)14-22)25-20-9-5-4-8-16(20)10-15-6-2-1-3-7-15/h1-9,17-19H,10-14H2,(H,23,24)/t17-,18+,19?. The van der Waals surface area contributed by atoms with E-state index in [9.17, 15) is 4.79 Å². The maximum atomic E-state index is 11.1. The van der Waals surface area contributed by atoms with E-state index in [1.807, 2.05) is 12.1 Å². The van der Waals surface area contributed by atoms with Gasteiger partial charge in [-0.1, -0.05) is 48.5 Å². The minimum atomic E-state index is -0.792. The summed E-state index contributed by atoms with van der Waals surface area (Å²) in [4.78, 5) is 12.7. The zero-order chi connectivity index (χ0) is 17.2. The number of nitrogens with zero attached hydrogens (tertiary/aromatic N) is 1. The molecule has 2 aliphatic rings. The summed E-state index contributed by atoms with van der Waals surface area (Å²) in [6.45, 7) is 1.32. The summed E-state index contributed by atoms with van der Waals surface area (Å²) in [5.41, 5.74) is 2.48. The van der Waals surface area contributed by atoms with Crippen molar-refractivity contribution in [2.24, 2.45) is 11.8 Å². The van der Waals surface area contributed by atoms with Gasteiger partial charge in [0.05, 0.1) is 6.10 Å². The van der Waals surface area contributed by atoms with Gasteiger partial charge in [0.2, 0.25) is 0 Å². The number of rotatable bonds is 4. The van der Waals surface area contributed by atoms with Crippen LogP contribution < -0.4 is 4.74 Å². The molecular weight excluding hydrogens is 314 g/mol. The number of likely N-dealkylation sites (tertiary alicyclic amines) is 1. The average Bonchev–Trinajstić information content (AvgIpc) is 3.16. The van der Waals surface area contributed by atoms with Crippen molar-refractivity contribution >= 4 is 6.09 Å². The van der Waals surface area contributed by atoms with Crippen molar-refractivity contribution < 1.29 is 14.6 Å². The highest BCUT2D eigenvalue weighted by atomic mass is 16.5. The lowest BCUT2D eigenvalue weighted by molar-refractivity contribution is 0.144. The van der Waals surface area contributed by atoms with Crippen LogP contribution in [0.25, 0.3) is 0 Å². The number of para-hydroxylation sites is 1. The van der Waals surface area contributed by atoms with Gasteiger partial charge in [0.25, 0.3) is 0 Å². The van der Waals surface area contributed by atoms with Gasteiger partial charge in [-0.05, 0) is 41.9 Å². The van der Waals surface area contributed by atoms with E-state index in [0.29, 0.717) is 24.9 Å². The smallest absolute Gasteiger partial charge is 0.407 e. The van der Waals surface area contributed by atoms with Gasteiger partial charge in [0, 0.05) is 19.5 Å². The van der Waals surface area contributed by atoms with E-state index in [1.54, 1.807) is 4.90 Å². The number of benzene rings is 2. The Morgan fingerprint density at radius 2 is 1.64 bits per heavy atom. The first-order valence-corrected chi connectivity index (χ1v) is 8.95. The number of carbonyl (C=O) groups is 1. The largest absolute Gasteiger partial charge is 0.490 e. The second-order valence-corrected chi connectivity index (χ2v) is 7.19. The molecule has 2 aromatic carbocycles. The van der Waals surface area contributed by atoms with Gasteiger partial charge in [-0.15, -0.1) is 0 Å². The third-order valence-electron chi connectivity index (χ3n) is 5.48. The maximum Gasteiger partial charge on any atom is 0.407 e. The quantitative estimate of drug-likeness (QED) is 0.916. The van der Waals surface area contributed by atoms with Gasteiger partial charge in [-0.2, -0.15) is 0 Å². The Kier molecular flexibility index (Phi) is 4.35. The summed E-state index contributed by atoms with van der Waals surface area (Å²) in [6, 6.07) is 18.7. The third-order valence-corrected chi connectivity index (χ3v) is 5.48. The fourth-order valence-corrected chi connectivity index (χ4v) is 4.26. The van der Waals surface area contributed by atoms with Gasteiger partial charge >= 0.3 is 6.09 Å². The highest BCUT2D eigenvalue weighted by molar-refractivity contribution is 5.65. The summed E-state index contributed by atoms with van der Waals surface area (Å²) in [7, 11) is 0. The Balaban J connectivity index is 1.42. The van der Waals surface area contributed by atoms with Crippen molar-refractivity contribution in [2.45, 2.75) is 25.4 Å². The normalized spacial score (nSPS) is 25.0. The highest BCUT2D eigenvalue weighted by Crippen LogP contribution is 2.40. The Morgan fingerprint density at radius 1 is 1.00 bits per heavy atom. The molecule has 25 heavy (non-hydrogen) atoms. The molecule has 0 radical (unpaired) electrons. The molecule has 1 heterocycles. The second kappa shape index (κ2) is 6.79. The number of hydrogen-bond donors (Lipinski definition) is 1. The lowest BCUT2D eigenvalue weighted by atomic mass is 10.0. The molecule has 1 aliphatic heterocycles. The fourth-order valence-electron chi connectivity index (χ4n) is 4.26. The predicted octanol–water partition coefficient (Wildman–Crippen LogP) is 4.04. The second-order valence-electron chi connectivity index (χ2n) is 7.19. The van der Waals surface area contributed by atoms with Crippen LogP contribution in [0.2, 0.25) is 0 Å². The Hall–Kier alpha value is -2.49. The van der Waals surface area contributed by atoms with E-state index in [0.717, 1.165) is 25.0 Å². The highest BCUT2D eigenvalue weighted by Gasteiger charge is 2.43. The van der Waals surface area contributed by atoms with Crippen LogP contribution in [0, 0.1) is 11.8 Å². The molecule has 1 saturated heterocycles. The molecule has 0 bridgehead atoms. The first-order chi connectivity index (χ1) is 12.2. The molecule has 1 unspecified atom stereocenters. The van der Waals surface area contributed by atoms with Crippen LogP contribution in [-0.4, -0.2) is 35.3 Å². The first kappa shape index (κ1) is 16.0. The molecule has 1 N–H and O–H groups in total. The Labute approximate surface area is 148 Å². The summed E-state index contributed by atoms with van der Waals surface area (Å²) in [5, 5.41) is 9.14. The molecule has 4 rings (SSSR count). The molecule has 4 heteroatoms. The molecule has 1 saturated carbocycles. The fraction of sp³-hybridized carbons (Fsp3) is 0.381. The van der Waals surface area contributed by atoms with Crippen molar-refractivity contribution in [1.82, 2.24) is 4.90 Å². The SMILES string of the molecule is O=C(O)N1C[C@H]2CC(Oc3ccccc3Cc3ccccc3)C[C@H]2C1.